The highest BCUT2D eigenvalue weighted by Gasteiger charge is 2.29. The molecule has 200 valence electrons. The maximum atomic E-state index is 13.3. The standard InChI is InChI=1S/C30H38N6O2/c1-5-27(29-32-33-34-36(29)25-9-7-6-8-10-25)35(18-22-12-15-26(38-4)16-13-22)19-24-17-23-14-11-20(2)21(3)28(23)31-30(24)37/h11-17,25,27H,5-10,18-19H2,1-4H3,(H,31,37)/t27-/m1/s1. The molecule has 1 fully saturated rings. The lowest BCUT2D eigenvalue weighted by Crippen LogP contribution is -2.33. The van der Waals surface area contributed by atoms with Crippen molar-refractivity contribution in [1.82, 2.24) is 30.1 Å². The van der Waals surface area contributed by atoms with Crippen molar-refractivity contribution >= 4 is 10.9 Å². The lowest BCUT2D eigenvalue weighted by molar-refractivity contribution is 0.155. The Morgan fingerprint density at radius 3 is 2.55 bits per heavy atom. The van der Waals surface area contributed by atoms with E-state index in [1.807, 2.05) is 18.2 Å². The zero-order chi connectivity index (χ0) is 26.6. The molecule has 1 atom stereocenters. The Labute approximate surface area is 224 Å². The molecule has 1 saturated carbocycles. The molecule has 8 heteroatoms. The summed E-state index contributed by atoms with van der Waals surface area (Å²) < 4.78 is 7.43. The fourth-order valence-electron chi connectivity index (χ4n) is 5.76. The molecule has 0 bridgehead atoms. The van der Waals surface area contributed by atoms with Crippen LogP contribution >= 0.6 is 0 Å². The third kappa shape index (κ3) is 5.36. The maximum Gasteiger partial charge on any atom is 0.252 e. The number of pyridine rings is 1. The molecule has 0 amide bonds. The number of benzene rings is 2. The van der Waals surface area contributed by atoms with Gasteiger partial charge in [-0.3, -0.25) is 9.69 Å². The van der Waals surface area contributed by atoms with E-state index in [4.69, 9.17) is 4.74 Å². The van der Waals surface area contributed by atoms with Crippen molar-refractivity contribution in [2.45, 2.75) is 84.5 Å². The molecule has 1 N–H and O–H groups in total. The van der Waals surface area contributed by atoms with Crippen molar-refractivity contribution in [3.05, 3.63) is 80.9 Å². The van der Waals surface area contributed by atoms with E-state index in [9.17, 15) is 4.79 Å². The topological polar surface area (TPSA) is 88.9 Å². The number of aromatic amines is 1. The Hall–Kier alpha value is -3.52. The summed E-state index contributed by atoms with van der Waals surface area (Å²) in [5, 5.41) is 14.2. The fraction of sp³-hybridized carbons (Fsp3) is 0.467. The van der Waals surface area contributed by atoms with Crippen LogP contribution in [-0.2, 0) is 13.1 Å². The van der Waals surface area contributed by atoms with Gasteiger partial charge in [0.05, 0.1) is 24.7 Å². The van der Waals surface area contributed by atoms with Crippen molar-refractivity contribution in [2.24, 2.45) is 0 Å². The van der Waals surface area contributed by atoms with Gasteiger partial charge in [-0.1, -0.05) is 50.5 Å². The van der Waals surface area contributed by atoms with E-state index in [0.29, 0.717) is 19.1 Å². The van der Waals surface area contributed by atoms with Gasteiger partial charge in [-0.25, -0.2) is 4.68 Å². The van der Waals surface area contributed by atoms with Crippen LogP contribution in [0.25, 0.3) is 10.9 Å². The van der Waals surface area contributed by atoms with Gasteiger partial charge in [0, 0.05) is 18.7 Å². The quantitative estimate of drug-likeness (QED) is 0.304. The molecule has 5 rings (SSSR count). The molecule has 38 heavy (non-hydrogen) atoms. The van der Waals surface area contributed by atoms with Gasteiger partial charge in [-0.15, -0.1) is 5.10 Å². The predicted molar refractivity (Wildman–Crippen MR) is 149 cm³/mol. The first-order chi connectivity index (χ1) is 18.5. The number of nitrogens with one attached hydrogen (secondary N) is 1. The number of aromatic nitrogens is 5. The van der Waals surface area contributed by atoms with Gasteiger partial charge >= 0.3 is 0 Å². The number of hydrogen-bond acceptors (Lipinski definition) is 6. The second kappa shape index (κ2) is 11.5. The van der Waals surface area contributed by atoms with Crippen molar-refractivity contribution < 1.29 is 4.74 Å². The third-order valence-corrected chi connectivity index (χ3v) is 8.11. The monoisotopic (exact) mass is 514 g/mol. The Morgan fingerprint density at radius 1 is 1.08 bits per heavy atom. The zero-order valence-corrected chi connectivity index (χ0v) is 22.9. The SMILES string of the molecule is CC[C@H](c1nnnn1C1CCCCC1)N(Cc1ccc(OC)cc1)Cc1cc2ccc(C)c(C)c2[nH]c1=O. The molecular formula is C30H38N6O2. The van der Waals surface area contributed by atoms with Crippen LogP contribution in [0, 0.1) is 13.8 Å². The number of tetrazole rings is 1. The van der Waals surface area contributed by atoms with Crippen molar-refractivity contribution in [2.75, 3.05) is 7.11 Å². The molecule has 0 aliphatic heterocycles. The van der Waals surface area contributed by atoms with E-state index < -0.39 is 0 Å². The second-order valence-corrected chi connectivity index (χ2v) is 10.5. The molecule has 1 aliphatic rings. The van der Waals surface area contributed by atoms with Crippen molar-refractivity contribution in [3.63, 3.8) is 0 Å². The van der Waals surface area contributed by atoms with Gasteiger partial charge in [0.25, 0.3) is 5.56 Å². The molecule has 8 nitrogen and oxygen atoms in total. The number of ether oxygens (including phenoxy) is 1. The van der Waals surface area contributed by atoms with Crippen LogP contribution < -0.4 is 10.3 Å². The average Bonchev–Trinajstić information content (AvgIpc) is 3.42. The summed E-state index contributed by atoms with van der Waals surface area (Å²) >= 11 is 0. The van der Waals surface area contributed by atoms with E-state index in [0.717, 1.165) is 58.4 Å². The predicted octanol–water partition coefficient (Wildman–Crippen LogP) is 5.80. The van der Waals surface area contributed by atoms with Gasteiger partial charge < -0.3 is 9.72 Å². The van der Waals surface area contributed by atoms with Crippen molar-refractivity contribution in [1.29, 1.82) is 0 Å². The smallest absolute Gasteiger partial charge is 0.252 e. The van der Waals surface area contributed by atoms with E-state index in [1.54, 1.807) is 7.11 Å². The van der Waals surface area contributed by atoms with Crippen LogP contribution in [-0.4, -0.2) is 37.2 Å². The van der Waals surface area contributed by atoms with E-state index in [2.05, 4.69) is 75.1 Å². The minimum Gasteiger partial charge on any atom is -0.497 e. The van der Waals surface area contributed by atoms with Gasteiger partial charge in [-0.05, 0) is 83.8 Å². The highest BCUT2D eigenvalue weighted by atomic mass is 16.5. The van der Waals surface area contributed by atoms with Gasteiger partial charge in [-0.2, -0.15) is 0 Å². The number of H-pyrrole nitrogens is 1. The summed E-state index contributed by atoms with van der Waals surface area (Å²) in [5.41, 5.74) is 5.03. The lowest BCUT2D eigenvalue weighted by atomic mass is 9.95. The van der Waals surface area contributed by atoms with Crippen LogP contribution in [0.5, 0.6) is 5.75 Å². The molecule has 4 aromatic rings. The first kappa shape index (κ1) is 26.1. The van der Waals surface area contributed by atoms with E-state index in [1.165, 1.54) is 24.8 Å². The number of hydrogen-bond donors (Lipinski definition) is 1. The number of fused-ring (bicyclic) bond motifs is 1. The first-order valence-corrected chi connectivity index (χ1v) is 13.7. The Kier molecular flexibility index (Phi) is 7.88. The van der Waals surface area contributed by atoms with Crippen LogP contribution in [0.3, 0.4) is 0 Å². The first-order valence-electron chi connectivity index (χ1n) is 13.7. The van der Waals surface area contributed by atoms with Crippen LogP contribution in [0.15, 0.2) is 47.3 Å². The van der Waals surface area contributed by atoms with E-state index in [-0.39, 0.29) is 11.6 Å². The normalized spacial score (nSPS) is 15.3. The van der Waals surface area contributed by atoms with Crippen molar-refractivity contribution in [3.8, 4) is 5.75 Å². The number of nitrogens with zero attached hydrogens (tertiary/aromatic N) is 5. The molecule has 0 radical (unpaired) electrons. The summed E-state index contributed by atoms with van der Waals surface area (Å²) in [6, 6.07) is 14.7. The highest BCUT2D eigenvalue weighted by Crippen LogP contribution is 2.33. The van der Waals surface area contributed by atoms with Gasteiger partial charge in [0.2, 0.25) is 0 Å². The highest BCUT2D eigenvalue weighted by molar-refractivity contribution is 5.83. The summed E-state index contributed by atoms with van der Waals surface area (Å²) in [6.07, 6.45) is 6.74. The Morgan fingerprint density at radius 2 is 1.84 bits per heavy atom. The summed E-state index contributed by atoms with van der Waals surface area (Å²) in [4.78, 5) is 18.8. The zero-order valence-electron chi connectivity index (χ0n) is 22.9. The second-order valence-electron chi connectivity index (χ2n) is 10.5. The number of methoxy groups -OCH3 is 1. The lowest BCUT2D eigenvalue weighted by Gasteiger charge is -2.32. The average molecular weight is 515 g/mol. The molecule has 2 heterocycles. The molecular weight excluding hydrogens is 476 g/mol. The molecule has 1 aliphatic carbocycles. The molecule has 0 spiro atoms. The summed E-state index contributed by atoms with van der Waals surface area (Å²) in [6.45, 7) is 7.44. The van der Waals surface area contributed by atoms with Gasteiger partial charge in [0.1, 0.15) is 5.75 Å². The minimum atomic E-state index is -0.0485. The summed E-state index contributed by atoms with van der Waals surface area (Å²) in [5.74, 6) is 1.71. The molecule has 2 aromatic heterocycles. The Balaban J connectivity index is 1.53. The minimum absolute atomic E-state index is 0.0381. The molecule has 0 saturated heterocycles. The maximum absolute atomic E-state index is 13.3. The number of aryl methyl sites for hydroxylation is 2. The molecule has 0 unspecified atom stereocenters. The van der Waals surface area contributed by atoms with Crippen LogP contribution in [0.4, 0.5) is 0 Å². The van der Waals surface area contributed by atoms with Crippen LogP contribution in [0.2, 0.25) is 0 Å². The summed E-state index contributed by atoms with van der Waals surface area (Å²) in [7, 11) is 1.68. The largest absolute Gasteiger partial charge is 0.497 e. The molecule has 2 aromatic carbocycles. The van der Waals surface area contributed by atoms with E-state index >= 15 is 0 Å². The van der Waals surface area contributed by atoms with Crippen LogP contribution in [0.1, 0.15) is 85.6 Å². The third-order valence-electron chi connectivity index (χ3n) is 8.11. The number of rotatable bonds is 9. The fourth-order valence-corrected chi connectivity index (χ4v) is 5.76. The van der Waals surface area contributed by atoms with Gasteiger partial charge in [0.15, 0.2) is 5.82 Å². The Bertz CT molecular complexity index is 1440.